The molecule has 0 aliphatic heterocycles. The maximum absolute atomic E-state index is 14.3. The van der Waals surface area contributed by atoms with E-state index in [0.717, 1.165) is 23.0 Å². The Labute approximate surface area is 201 Å². The molecule has 188 valence electrons. The first-order chi connectivity index (χ1) is 16.9. The van der Waals surface area contributed by atoms with Crippen LogP contribution in [0.1, 0.15) is 11.3 Å². The summed E-state index contributed by atoms with van der Waals surface area (Å²) >= 11 is 0. The summed E-state index contributed by atoms with van der Waals surface area (Å²) < 4.78 is 86.8. The van der Waals surface area contributed by atoms with Crippen molar-refractivity contribution in [2.45, 2.75) is 12.8 Å². The largest absolute Gasteiger partial charge is 0.439 e. The van der Waals surface area contributed by atoms with Gasteiger partial charge in [0.15, 0.2) is 5.82 Å². The number of nitrogens with one attached hydrogen (secondary N) is 1. The number of aromatic nitrogens is 3. The number of anilines is 1. The Morgan fingerprint density at radius 3 is 2.61 bits per heavy atom. The lowest BCUT2D eigenvalue weighted by atomic mass is 10.2. The van der Waals surface area contributed by atoms with E-state index < -0.39 is 39.4 Å². The van der Waals surface area contributed by atoms with Crippen molar-refractivity contribution in [3.63, 3.8) is 0 Å². The number of alkyl halides is 3. The van der Waals surface area contributed by atoms with Crippen molar-refractivity contribution >= 4 is 32.7 Å². The molecule has 14 heteroatoms. The van der Waals surface area contributed by atoms with E-state index in [1.54, 1.807) is 12.1 Å². The van der Waals surface area contributed by atoms with Crippen LogP contribution in [0, 0.1) is 5.82 Å². The van der Waals surface area contributed by atoms with Crippen molar-refractivity contribution in [3.05, 3.63) is 78.1 Å². The molecule has 0 aliphatic rings. The molecule has 0 aliphatic carbocycles. The van der Waals surface area contributed by atoms with Gasteiger partial charge >= 0.3 is 12.2 Å². The zero-order valence-electron chi connectivity index (χ0n) is 18.3. The Morgan fingerprint density at radius 2 is 1.89 bits per heavy atom. The molecule has 0 saturated heterocycles. The number of carbonyl (C=O) groups is 1. The standard InChI is InChI=1S/C22H16F4N4O5S/c1-36(32,33)34-11-14-10-19(28-12-27-14)35-15-5-6-18-13(9-15)7-8-30(18)21(31)29-17-4-2-3-16(20(17)23)22(24,25)26/h2-10,12H,11H2,1H3,(H,29,31). The zero-order valence-corrected chi connectivity index (χ0v) is 19.1. The van der Waals surface area contributed by atoms with Crippen molar-refractivity contribution in [1.29, 1.82) is 0 Å². The SMILES string of the molecule is CS(=O)(=O)OCc1cc(Oc2ccc3c(ccn3C(=O)Nc3cccc(C(F)(F)F)c3F)c2)ncn1. The summed E-state index contributed by atoms with van der Waals surface area (Å²) in [6, 6.07) is 9.25. The van der Waals surface area contributed by atoms with E-state index >= 15 is 0 Å². The molecule has 0 unspecified atom stereocenters. The van der Waals surface area contributed by atoms with E-state index in [4.69, 9.17) is 4.74 Å². The molecule has 1 amide bonds. The zero-order chi connectivity index (χ0) is 26.1. The highest BCUT2D eigenvalue weighted by atomic mass is 32.2. The summed E-state index contributed by atoms with van der Waals surface area (Å²) in [6.07, 6.45) is -1.47. The second-order valence-corrected chi connectivity index (χ2v) is 9.06. The Bertz CT molecular complexity index is 1550. The second kappa shape index (κ2) is 9.54. The molecule has 2 aromatic heterocycles. The van der Waals surface area contributed by atoms with Gasteiger partial charge in [0.25, 0.3) is 10.1 Å². The van der Waals surface area contributed by atoms with Crippen molar-refractivity contribution in [3.8, 4) is 11.6 Å². The van der Waals surface area contributed by atoms with E-state index in [2.05, 4.69) is 19.5 Å². The summed E-state index contributed by atoms with van der Waals surface area (Å²) in [4.78, 5) is 20.5. The van der Waals surface area contributed by atoms with Gasteiger partial charge in [0.05, 0.1) is 28.7 Å². The lowest BCUT2D eigenvalue weighted by molar-refractivity contribution is -0.139. The minimum absolute atomic E-state index is 0.105. The number of hydrogen-bond donors (Lipinski definition) is 1. The smallest absolute Gasteiger partial charge is 0.419 e. The van der Waals surface area contributed by atoms with E-state index in [-0.39, 0.29) is 18.2 Å². The van der Waals surface area contributed by atoms with Crippen LogP contribution in [0.3, 0.4) is 0 Å². The van der Waals surface area contributed by atoms with Crippen LogP contribution in [0.25, 0.3) is 10.9 Å². The summed E-state index contributed by atoms with van der Waals surface area (Å²) in [7, 11) is -3.66. The lowest BCUT2D eigenvalue weighted by Crippen LogP contribution is -2.20. The molecule has 36 heavy (non-hydrogen) atoms. The first-order valence-electron chi connectivity index (χ1n) is 10.0. The quantitative estimate of drug-likeness (QED) is 0.281. The van der Waals surface area contributed by atoms with Crippen LogP contribution in [0.4, 0.5) is 28.0 Å². The third-order valence-corrected chi connectivity index (χ3v) is 5.31. The Hall–Kier alpha value is -4.04. The summed E-state index contributed by atoms with van der Waals surface area (Å²) in [6.45, 7) is -0.304. The number of ether oxygens (including phenoxy) is 1. The van der Waals surface area contributed by atoms with Crippen molar-refractivity contribution in [2.75, 3.05) is 11.6 Å². The van der Waals surface area contributed by atoms with Crippen molar-refractivity contribution < 1.29 is 39.7 Å². The van der Waals surface area contributed by atoms with Gasteiger partial charge in [0.1, 0.15) is 18.7 Å². The predicted octanol–water partition coefficient (Wildman–Crippen LogP) is 4.94. The summed E-state index contributed by atoms with van der Waals surface area (Å²) in [5.41, 5.74) is -1.47. The number of benzene rings is 2. The van der Waals surface area contributed by atoms with Crippen LogP contribution in [-0.2, 0) is 27.1 Å². The lowest BCUT2D eigenvalue weighted by Gasteiger charge is -2.13. The van der Waals surface area contributed by atoms with E-state index in [1.807, 2.05) is 0 Å². The molecule has 4 rings (SSSR count). The van der Waals surface area contributed by atoms with Gasteiger partial charge in [-0.1, -0.05) is 6.07 Å². The molecule has 9 nitrogen and oxygen atoms in total. The maximum atomic E-state index is 14.3. The van der Waals surface area contributed by atoms with Gasteiger partial charge in [0, 0.05) is 17.6 Å². The number of fused-ring (bicyclic) bond motifs is 1. The average Bonchev–Trinajstić information content (AvgIpc) is 3.21. The number of carbonyl (C=O) groups excluding carboxylic acids is 1. The van der Waals surface area contributed by atoms with Crippen molar-refractivity contribution in [2.24, 2.45) is 0 Å². The van der Waals surface area contributed by atoms with E-state index in [0.29, 0.717) is 22.7 Å². The molecule has 0 atom stereocenters. The number of amides is 1. The Morgan fingerprint density at radius 1 is 1.11 bits per heavy atom. The molecule has 0 radical (unpaired) electrons. The Balaban J connectivity index is 1.52. The molecule has 1 N–H and O–H groups in total. The fourth-order valence-electron chi connectivity index (χ4n) is 3.18. The number of hydrogen-bond acceptors (Lipinski definition) is 7. The van der Waals surface area contributed by atoms with Crippen LogP contribution in [0.2, 0.25) is 0 Å². The van der Waals surface area contributed by atoms with Crippen molar-refractivity contribution in [1.82, 2.24) is 14.5 Å². The van der Waals surface area contributed by atoms with E-state index in [1.165, 1.54) is 30.7 Å². The topological polar surface area (TPSA) is 112 Å². The maximum Gasteiger partial charge on any atom is 0.419 e. The normalized spacial score (nSPS) is 12.0. The molecular formula is C22H16F4N4O5S. The number of nitrogens with zero attached hydrogens (tertiary/aromatic N) is 3. The third-order valence-electron chi connectivity index (χ3n) is 4.77. The minimum Gasteiger partial charge on any atom is -0.439 e. The average molecular weight is 524 g/mol. The van der Waals surface area contributed by atoms with Gasteiger partial charge in [-0.15, -0.1) is 0 Å². The molecule has 0 spiro atoms. The van der Waals surface area contributed by atoms with E-state index in [9.17, 15) is 30.8 Å². The second-order valence-electron chi connectivity index (χ2n) is 7.42. The van der Waals surface area contributed by atoms with Gasteiger partial charge < -0.3 is 10.1 Å². The van der Waals surface area contributed by atoms with Crippen LogP contribution in [0.15, 0.2) is 61.1 Å². The first-order valence-corrected chi connectivity index (χ1v) is 11.8. The van der Waals surface area contributed by atoms with Crippen LogP contribution < -0.4 is 10.1 Å². The van der Waals surface area contributed by atoms with Crippen LogP contribution in [0.5, 0.6) is 11.6 Å². The molecule has 2 heterocycles. The van der Waals surface area contributed by atoms with Gasteiger partial charge in [-0.05, 0) is 36.4 Å². The van der Waals surface area contributed by atoms with Gasteiger partial charge in [0.2, 0.25) is 5.88 Å². The molecule has 4 aromatic rings. The number of halogens is 4. The monoisotopic (exact) mass is 524 g/mol. The fourth-order valence-corrected chi connectivity index (χ4v) is 3.52. The predicted molar refractivity (Wildman–Crippen MR) is 119 cm³/mol. The van der Waals surface area contributed by atoms with Crippen LogP contribution in [-0.4, -0.2) is 35.2 Å². The summed E-state index contributed by atoms with van der Waals surface area (Å²) in [5, 5.41) is 2.68. The van der Waals surface area contributed by atoms with Gasteiger partial charge in [-0.3, -0.25) is 8.75 Å². The molecule has 2 aromatic carbocycles. The van der Waals surface area contributed by atoms with Gasteiger partial charge in [-0.2, -0.15) is 21.6 Å². The minimum atomic E-state index is -4.91. The fraction of sp³-hybridized carbons (Fsp3) is 0.136. The highest BCUT2D eigenvalue weighted by Crippen LogP contribution is 2.34. The molecule has 0 saturated carbocycles. The molecule has 0 fully saturated rings. The highest BCUT2D eigenvalue weighted by molar-refractivity contribution is 7.85. The number of rotatable bonds is 6. The summed E-state index contributed by atoms with van der Waals surface area (Å²) in [5.74, 6) is -1.16. The third kappa shape index (κ3) is 5.78. The molecular weight excluding hydrogens is 508 g/mol. The first kappa shape index (κ1) is 25.1. The van der Waals surface area contributed by atoms with Gasteiger partial charge in [-0.25, -0.2) is 19.2 Å². The highest BCUT2D eigenvalue weighted by Gasteiger charge is 2.35. The van der Waals surface area contributed by atoms with Crippen LogP contribution >= 0.6 is 0 Å². The Kier molecular flexibility index (Phi) is 6.65. The molecule has 0 bridgehead atoms.